The fourth-order valence-electron chi connectivity index (χ4n) is 3.08. The van der Waals surface area contributed by atoms with Crippen LogP contribution in [0.4, 0.5) is 13.2 Å². The molecule has 2 aromatic rings. The molecule has 0 aliphatic carbocycles. The molecular weight excluding hydrogens is 482 g/mol. The minimum atomic E-state index is -4.93. The van der Waals surface area contributed by atoms with Gasteiger partial charge < -0.3 is 9.64 Å². The van der Waals surface area contributed by atoms with Crippen LogP contribution in [-0.2, 0) is 11.3 Å². The van der Waals surface area contributed by atoms with Crippen LogP contribution in [0.1, 0.15) is 29.8 Å². The van der Waals surface area contributed by atoms with Gasteiger partial charge >= 0.3 is 6.18 Å². The van der Waals surface area contributed by atoms with E-state index in [4.69, 9.17) is 27.9 Å². The number of hydrogen-bond donors (Lipinski definition) is 1. The van der Waals surface area contributed by atoms with Crippen molar-refractivity contribution < 1.29 is 27.5 Å². The van der Waals surface area contributed by atoms with Crippen molar-refractivity contribution in [3.8, 4) is 5.75 Å². The normalized spacial score (nSPS) is 14.4. The molecule has 0 radical (unpaired) electrons. The minimum absolute atomic E-state index is 0.0564. The first-order valence-corrected chi connectivity index (χ1v) is 10.6. The highest BCUT2D eigenvalue weighted by Crippen LogP contribution is 2.32. The van der Waals surface area contributed by atoms with Gasteiger partial charge in [0.05, 0.1) is 12.6 Å². The predicted octanol–water partition coefficient (Wildman–Crippen LogP) is 5.17. The van der Waals surface area contributed by atoms with E-state index in [9.17, 15) is 22.8 Å². The van der Waals surface area contributed by atoms with Gasteiger partial charge in [-0.05, 0) is 50.2 Å². The molecule has 0 aromatic heterocycles. The minimum Gasteiger partial charge on any atom is -0.491 e. The second-order valence-electron chi connectivity index (χ2n) is 7.49. The molecule has 6 nitrogen and oxygen atoms in total. The molecule has 0 saturated heterocycles. The number of benzene rings is 2. The number of hydrazine groups is 1. The summed E-state index contributed by atoms with van der Waals surface area (Å²) in [6.45, 7) is 3.08. The molecule has 33 heavy (non-hydrogen) atoms. The van der Waals surface area contributed by atoms with Crippen molar-refractivity contribution in [1.29, 1.82) is 0 Å². The van der Waals surface area contributed by atoms with Gasteiger partial charge in [0.1, 0.15) is 18.0 Å². The quantitative estimate of drug-likeness (QED) is 0.592. The maximum atomic E-state index is 13.5. The van der Waals surface area contributed by atoms with Gasteiger partial charge in [0.2, 0.25) is 0 Å². The van der Waals surface area contributed by atoms with E-state index >= 15 is 0 Å². The van der Waals surface area contributed by atoms with Gasteiger partial charge in [-0.1, -0.05) is 29.3 Å². The maximum Gasteiger partial charge on any atom is 0.423 e. The highest BCUT2D eigenvalue weighted by molar-refractivity contribution is 6.36. The van der Waals surface area contributed by atoms with Gasteiger partial charge in [0.25, 0.3) is 11.8 Å². The molecular formula is C22H20Cl2F3N3O3. The van der Waals surface area contributed by atoms with Crippen molar-refractivity contribution in [3.05, 3.63) is 75.4 Å². The SMILES string of the molecule is CC(C)Oc1ccc(C(=O)NN2C=C(C(F)(F)F)C(=O)N(Cc3c(Cl)cccc3Cl)C2)cc1. The molecule has 0 saturated carbocycles. The van der Waals surface area contributed by atoms with Crippen LogP contribution in [0.3, 0.4) is 0 Å². The van der Waals surface area contributed by atoms with Crippen LogP contribution in [0, 0.1) is 0 Å². The Kier molecular flexibility index (Phi) is 7.44. The van der Waals surface area contributed by atoms with Crippen LogP contribution >= 0.6 is 23.2 Å². The molecule has 1 N–H and O–H groups in total. The van der Waals surface area contributed by atoms with Crippen molar-refractivity contribution in [2.75, 3.05) is 6.67 Å². The van der Waals surface area contributed by atoms with E-state index in [0.29, 0.717) is 17.5 Å². The maximum absolute atomic E-state index is 13.5. The second kappa shape index (κ2) is 9.93. The first-order chi connectivity index (χ1) is 15.5. The third kappa shape index (κ3) is 6.11. The summed E-state index contributed by atoms with van der Waals surface area (Å²) in [4.78, 5) is 26.0. The Morgan fingerprint density at radius 2 is 1.73 bits per heavy atom. The third-order valence-corrected chi connectivity index (χ3v) is 5.28. The molecule has 1 heterocycles. The van der Waals surface area contributed by atoms with Crippen LogP contribution in [0.2, 0.25) is 10.0 Å². The Labute approximate surface area is 198 Å². The lowest BCUT2D eigenvalue weighted by molar-refractivity contribution is -0.145. The van der Waals surface area contributed by atoms with Gasteiger partial charge in [-0.2, -0.15) is 13.2 Å². The Bertz CT molecular complexity index is 1050. The summed E-state index contributed by atoms with van der Waals surface area (Å²) in [5.41, 5.74) is 1.44. The van der Waals surface area contributed by atoms with Crippen LogP contribution in [-0.4, -0.2) is 40.7 Å². The van der Waals surface area contributed by atoms with E-state index in [2.05, 4.69) is 5.43 Å². The van der Waals surface area contributed by atoms with E-state index in [1.54, 1.807) is 18.2 Å². The van der Waals surface area contributed by atoms with E-state index in [-0.39, 0.29) is 34.9 Å². The zero-order valence-corrected chi connectivity index (χ0v) is 19.1. The van der Waals surface area contributed by atoms with Crippen LogP contribution in [0.15, 0.2) is 54.2 Å². The topological polar surface area (TPSA) is 61.9 Å². The number of amides is 2. The first kappa shape index (κ1) is 24.7. The molecule has 1 aliphatic heterocycles. The lowest BCUT2D eigenvalue weighted by Gasteiger charge is -2.35. The molecule has 0 spiro atoms. The standard InChI is InChI=1S/C22H20Cl2F3N3O3/c1-13(2)33-15-8-6-14(7-9-15)20(31)28-30-11-17(22(25,26)27)21(32)29(12-30)10-16-18(23)4-3-5-19(16)24/h3-9,11,13H,10,12H2,1-2H3,(H,28,31). The molecule has 2 amide bonds. The van der Waals surface area contributed by atoms with Crippen molar-refractivity contribution in [2.24, 2.45) is 0 Å². The van der Waals surface area contributed by atoms with E-state index in [0.717, 1.165) is 9.91 Å². The number of carbonyl (C=O) groups is 2. The third-order valence-electron chi connectivity index (χ3n) is 4.58. The number of hydrogen-bond acceptors (Lipinski definition) is 4. The van der Waals surface area contributed by atoms with Crippen molar-refractivity contribution in [2.45, 2.75) is 32.7 Å². The summed E-state index contributed by atoms with van der Waals surface area (Å²) >= 11 is 12.2. The molecule has 0 atom stereocenters. The average Bonchev–Trinajstić information content (AvgIpc) is 2.72. The molecule has 2 aromatic carbocycles. The molecule has 11 heteroatoms. The fraction of sp³-hybridized carbons (Fsp3) is 0.273. The van der Waals surface area contributed by atoms with Gasteiger partial charge in [0, 0.05) is 27.4 Å². The van der Waals surface area contributed by atoms with Crippen LogP contribution < -0.4 is 10.2 Å². The van der Waals surface area contributed by atoms with Crippen molar-refractivity contribution in [3.63, 3.8) is 0 Å². The van der Waals surface area contributed by atoms with E-state index in [1.165, 1.54) is 24.3 Å². The lowest BCUT2D eigenvalue weighted by atomic mass is 10.1. The second-order valence-corrected chi connectivity index (χ2v) is 8.30. The summed E-state index contributed by atoms with van der Waals surface area (Å²) in [6, 6.07) is 10.7. The first-order valence-electron chi connectivity index (χ1n) is 9.81. The van der Waals surface area contributed by atoms with Crippen LogP contribution in [0.25, 0.3) is 0 Å². The number of nitrogens with zero attached hydrogens (tertiary/aromatic N) is 2. The monoisotopic (exact) mass is 501 g/mol. The van der Waals surface area contributed by atoms with Gasteiger partial charge in [0.15, 0.2) is 0 Å². The van der Waals surface area contributed by atoms with Crippen molar-refractivity contribution in [1.82, 2.24) is 15.3 Å². The molecule has 0 unspecified atom stereocenters. The Morgan fingerprint density at radius 3 is 2.27 bits per heavy atom. The van der Waals surface area contributed by atoms with Gasteiger partial charge in [-0.15, -0.1) is 0 Å². The fourth-order valence-corrected chi connectivity index (χ4v) is 3.60. The van der Waals surface area contributed by atoms with Gasteiger partial charge in [-0.25, -0.2) is 0 Å². The lowest BCUT2D eigenvalue weighted by Crippen LogP contribution is -2.52. The molecule has 3 rings (SSSR count). The molecule has 0 fully saturated rings. The number of carbonyl (C=O) groups excluding carboxylic acids is 2. The summed E-state index contributed by atoms with van der Waals surface area (Å²) in [5.74, 6) is -1.36. The van der Waals surface area contributed by atoms with Crippen molar-refractivity contribution >= 4 is 35.0 Å². The molecule has 1 aliphatic rings. The number of ether oxygens (including phenoxy) is 1. The van der Waals surface area contributed by atoms with E-state index in [1.807, 2.05) is 13.8 Å². The molecule has 176 valence electrons. The van der Waals surface area contributed by atoms with Gasteiger partial charge in [-0.3, -0.25) is 20.0 Å². The predicted molar refractivity (Wildman–Crippen MR) is 118 cm³/mol. The Balaban J connectivity index is 1.82. The summed E-state index contributed by atoms with van der Waals surface area (Å²) in [5, 5.41) is 1.31. The number of nitrogens with one attached hydrogen (secondary N) is 1. The Morgan fingerprint density at radius 1 is 1.12 bits per heavy atom. The smallest absolute Gasteiger partial charge is 0.423 e. The number of alkyl halides is 3. The number of halogens is 5. The highest BCUT2D eigenvalue weighted by Gasteiger charge is 2.44. The summed E-state index contributed by atoms with van der Waals surface area (Å²) in [6.07, 6.45) is -4.42. The summed E-state index contributed by atoms with van der Waals surface area (Å²) in [7, 11) is 0. The number of rotatable bonds is 6. The Hall–Kier alpha value is -2.91. The largest absolute Gasteiger partial charge is 0.491 e. The zero-order chi connectivity index (χ0) is 24.3. The molecule has 0 bridgehead atoms. The average molecular weight is 502 g/mol. The van der Waals surface area contributed by atoms with E-state index < -0.39 is 23.6 Å². The summed E-state index contributed by atoms with van der Waals surface area (Å²) < 4.78 is 46.1. The zero-order valence-electron chi connectivity index (χ0n) is 17.6. The highest BCUT2D eigenvalue weighted by atomic mass is 35.5. The van der Waals surface area contributed by atoms with Crippen LogP contribution in [0.5, 0.6) is 5.75 Å².